The van der Waals surface area contributed by atoms with Crippen LogP contribution >= 0.6 is 0 Å². The minimum absolute atomic E-state index is 0.564. The Morgan fingerprint density at radius 1 is 1.10 bits per heavy atom. The van der Waals surface area contributed by atoms with Crippen LogP contribution in [-0.4, -0.2) is 29.0 Å². The molecule has 2 heterocycles. The second kappa shape index (κ2) is 4.78. The third kappa shape index (κ3) is 1.82. The first-order valence-electron chi connectivity index (χ1n) is 8.61. The van der Waals surface area contributed by atoms with Gasteiger partial charge in [0.05, 0.1) is 18.1 Å². The van der Waals surface area contributed by atoms with Gasteiger partial charge in [-0.05, 0) is 50.0 Å². The molecule has 110 valence electrons. The fourth-order valence-corrected chi connectivity index (χ4v) is 4.81. The molecule has 2 aliphatic carbocycles. The van der Waals surface area contributed by atoms with Crippen molar-refractivity contribution >= 4 is 5.96 Å². The number of fused-ring (bicyclic) bond motifs is 3. The molecule has 4 rings (SSSR count). The maximum absolute atomic E-state index is 5.05. The largest absolute Gasteiger partial charge is 0.331 e. The van der Waals surface area contributed by atoms with E-state index in [4.69, 9.17) is 4.99 Å². The third-order valence-electron chi connectivity index (χ3n) is 5.65. The van der Waals surface area contributed by atoms with E-state index in [0.29, 0.717) is 24.0 Å². The van der Waals surface area contributed by atoms with E-state index in [9.17, 15) is 0 Å². The van der Waals surface area contributed by atoms with Crippen LogP contribution in [0.4, 0.5) is 0 Å². The lowest BCUT2D eigenvalue weighted by Crippen LogP contribution is -2.57. The molecule has 0 spiro atoms. The quantitative estimate of drug-likeness (QED) is 0.792. The highest BCUT2D eigenvalue weighted by Crippen LogP contribution is 2.41. The molecule has 4 aliphatic rings. The standard InChI is InChI=1S/C17H27N3/c1-11(2)16-12-7-3-4-8-13(12)18-17-19-14-9-5-6-10-15(14)20(16)17/h11,14-16H,3-10H2,1-2H3,(H,18,19)/t14-,15-,16+/m0/s1. The number of aliphatic imine (C=N–C) groups is 1. The third-order valence-corrected chi connectivity index (χ3v) is 5.65. The summed E-state index contributed by atoms with van der Waals surface area (Å²) < 4.78 is 0. The Labute approximate surface area is 122 Å². The van der Waals surface area contributed by atoms with Gasteiger partial charge in [0.25, 0.3) is 0 Å². The van der Waals surface area contributed by atoms with Gasteiger partial charge >= 0.3 is 0 Å². The van der Waals surface area contributed by atoms with E-state index in [0.717, 1.165) is 0 Å². The molecule has 3 atom stereocenters. The van der Waals surface area contributed by atoms with Crippen LogP contribution in [0, 0.1) is 5.92 Å². The summed E-state index contributed by atoms with van der Waals surface area (Å²) in [7, 11) is 0. The van der Waals surface area contributed by atoms with Crippen molar-refractivity contribution in [2.24, 2.45) is 10.9 Å². The van der Waals surface area contributed by atoms with E-state index in [-0.39, 0.29) is 0 Å². The average molecular weight is 273 g/mol. The number of hydrogen-bond acceptors (Lipinski definition) is 3. The first-order valence-corrected chi connectivity index (χ1v) is 8.61. The molecule has 3 nitrogen and oxygen atoms in total. The lowest BCUT2D eigenvalue weighted by molar-refractivity contribution is 0.169. The second-order valence-corrected chi connectivity index (χ2v) is 7.30. The van der Waals surface area contributed by atoms with Crippen LogP contribution < -0.4 is 5.32 Å². The van der Waals surface area contributed by atoms with Crippen LogP contribution in [0.25, 0.3) is 0 Å². The van der Waals surface area contributed by atoms with Gasteiger partial charge in [-0.15, -0.1) is 0 Å². The van der Waals surface area contributed by atoms with Gasteiger partial charge in [-0.25, -0.2) is 4.99 Å². The molecular weight excluding hydrogens is 246 g/mol. The minimum Gasteiger partial charge on any atom is -0.331 e. The van der Waals surface area contributed by atoms with Gasteiger partial charge in [0, 0.05) is 5.70 Å². The van der Waals surface area contributed by atoms with Crippen molar-refractivity contribution in [3.05, 3.63) is 11.3 Å². The zero-order valence-corrected chi connectivity index (χ0v) is 12.9. The van der Waals surface area contributed by atoms with E-state index in [1.165, 1.54) is 63.0 Å². The maximum atomic E-state index is 5.05. The second-order valence-electron chi connectivity index (χ2n) is 7.30. The zero-order valence-electron chi connectivity index (χ0n) is 12.9. The van der Waals surface area contributed by atoms with Gasteiger partial charge in [0.15, 0.2) is 5.96 Å². The maximum Gasteiger partial charge on any atom is 0.199 e. The number of allylic oxidation sites excluding steroid dienone is 1. The molecule has 0 amide bonds. The molecule has 0 radical (unpaired) electrons. The van der Waals surface area contributed by atoms with Crippen LogP contribution in [-0.2, 0) is 0 Å². The van der Waals surface area contributed by atoms with E-state index in [1.54, 1.807) is 5.57 Å². The van der Waals surface area contributed by atoms with Crippen molar-refractivity contribution in [1.82, 2.24) is 10.2 Å². The smallest absolute Gasteiger partial charge is 0.199 e. The number of rotatable bonds is 1. The summed E-state index contributed by atoms with van der Waals surface area (Å²) in [4.78, 5) is 7.73. The molecule has 20 heavy (non-hydrogen) atoms. The summed E-state index contributed by atoms with van der Waals surface area (Å²) >= 11 is 0. The molecule has 1 N–H and O–H groups in total. The normalized spacial score (nSPS) is 36.2. The summed E-state index contributed by atoms with van der Waals surface area (Å²) in [5, 5.41) is 3.71. The number of nitrogens with zero attached hydrogens (tertiary/aromatic N) is 2. The van der Waals surface area contributed by atoms with Crippen LogP contribution in [0.15, 0.2) is 16.3 Å². The highest BCUT2D eigenvalue weighted by atomic mass is 15.4. The SMILES string of the molecule is CC(C)[C@@H]1C2=C(CCCC2)NC2=N[C@H]3CCCC[C@@H]3N21. The predicted octanol–water partition coefficient (Wildman–Crippen LogP) is 3.43. The molecule has 1 fully saturated rings. The Bertz CT molecular complexity index is 463. The summed E-state index contributed by atoms with van der Waals surface area (Å²) in [5.74, 6) is 1.90. The Balaban J connectivity index is 1.73. The van der Waals surface area contributed by atoms with Crippen LogP contribution in [0.5, 0.6) is 0 Å². The van der Waals surface area contributed by atoms with E-state index < -0.39 is 0 Å². The van der Waals surface area contributed by atoms with Crippen LogP contribution in [0.3, 0.4) is 0 Å². The molecule has 3 heteroatoms. The van der Waals surface area contributed by atoms with Crippen LogP contribution in [0.2, 0.25) is 0 Å². The lowest BCUT2D eigenvalue weighted by atomic mass is 9.81. The summed E-state index contributed by atoms with van der Waals surface area (Å²) in [6.07, 6.45) is 10.6. The molecule has 0 aromatic heterocycles. The summed E-state index contributed by atoms with van der Waals surface area (Å²) in [6.45, 7) is 4.78. The van der Waals surface area contributed by atoms with Crippen molar-refractivity contribution < 1.29 is 0 Å². The fraction of sp³-hybridized carbons (Fsp3) is 0.824. The van der Waals surface area contributed by atoms with E-state index >= 15 is 0 Å². The average Bonchev–Trinajstić information content (AvgIpc) is 2.82. The topological polar surface area (TPSA) is 27.6 Å². The van der Waals surface area contributed by atoms with E-state index in [1.807, 2.05) is 0 Å². The Morgan fingerprint density at radius 3 is 2.75 bits per heavy atom. The number of hydrogen-bond donors (Lipinski definition) is 1. The Morgan fingerprint density at radius 2 is 1.90 bits per heavy atom. The number of guanidine groups is 1. The van der Waals surface area contributed by atoms with Crippen molar-refractivity contribution in [3.63, 3.8) is 0 Å². The monoisotopic (exact) mass is 273 g/mol. The molecule has 0 unspecified atom stereocenters. The van der Waals surface area contributed by atoms with Crippen molar-refractivity contribution in [2.75, 3.05) is 0 Å². The highest BCUT2D eigenvalue weighted by Gasteiger charge is 2.46. The zero-order chi connectivity index (χ0) is 13.7. The first-order chi connectivity index (χ1) is 9.75. The van der Waals surface area contributed by atoms with Gasteiger partial charge in [0.1, 0.15) is 0 Å². The van der Waals surface area contributed by atoms with Crippen LogP contribution in [0.1, 0.15) is 65.2 Å². The fourth-order valence-electron chi connectivity index (χ4n) is 4.81. The van der Waals surface area contributed by atoms with Gasteiger partial charge in [0.2, 0.25) is 0 Å². The molecule has 1 saturated carbocycles. The van der Waals surface area contributed by atoms with Crippen molar-refractivity contribution in [1.29, 1.82) is 0 Å². The van der Waals surface area contributed by atoms with E-state index in [2.05, 4.69) is 24.1 Å². The van der Waals surface area contributed by atoms with Gasteiger partial charge in [-0.2, -0.15) is 0 Å². The minimum atomic E-state index is 0.564. The Hall–Kier alpha value is -0.990. The number of nitrogens with one attached hydrogen (secondary N) is 1. The van der Waals surface area contributed by atoms with Gasteiger partial charge in [-0.1, -0.05) is 26.7 Å². The Kier molecular flexibility index (Phi) is 3.04. The summed E-state index contributed by atoms with van der Waals surface area (Å²) in [5.41, 5.74) is 3.22. The lowest BCUT2D eigenvalue weighted by Gasteiger charge is -2.46. The highest BCUT2D eigenvalue weighted by molar-refractivity contribution is 5.86. The summed E-state index contributed by atoms with van der Waals surface area (Å²) in [6, 6.07) is 1.85. The van der Waals surface area contributed by atoms with Crippen molar-refractivity contribution in [3.8, 4) is 0 Å². The molecule has 0 bridgehead atoms. The van der Waals surface area contributed by atoms with Gasteiger partial charge < -0.3 is 10.2 Å². The first kappa shape index (κ1) is 12.7. The predicted molar refractivity (Wildman–Crippen MR) is 82.6 cm³/mol. The molecular formula is C17H27N3. The molecule has 0 aromatic rings. The van der Waals surface area contributed by atoms with Crippen molar-refractivity contribution in [2.45, 2.75) is 83.3 Å². The molecule has 0 saturated heterocycles. The molecule has 2 aliphatic heterocycles. The van der Waals surface area contributed by atoms with Gasteiger partial charge in [-0.3, -0.25) is 0 Å². The molecule has 0 aromatic carbocycles.